The Hall–Kier alpha value is -0.660. The molecule has 1 rings (SSSR count). The van der Waals surface area contributed by atoms with E-state index >= 15 is 0 Å². The summed E-state index contributed by atoms with van der Waals surface area (Å²) in [5, 5.41) is 0. The normalized spacial score (nSPS) is 21.1. The van der Waals surface area contributed by atoms with Gasteiger partial charge >= 0.3 is 5.97 Å². The van der Waals surface area contributed by atoms with Crippen molar-refractivity contribution in [3.8, 4) is 0 Å². The Balaban J connectivity index is 2.65. The zero-order chi connectivity index (χ0) is 13.6. The predicted octanol–water partition coefficient (Wildman–Crippen LogP) is 0.380. The van der Waals surface area contributed by atoms with Gasteiger partial charge in [0, 0.05) is 13.2 Å². The van der Waals surface area contributed by atoms with E-state index in [2.05, 4.69) is 0 Å². The van der Waals surface area contributed by atoms with Crippen molar-refractivity contribution in [3.05, 3.63) is 0 Å². The third-order valence-electron chi connectivity index (χ3n) is 2.81. The van der Waals surface area contributed by atoms with Crippen LogP contribution in [0.15, 0.2) is 0 Å². The highest BCUT2D eigenvalue weighted by molar-refractivity contribution is 7.89. The molecule has 0 amide bonds. The lowest BCUT2D eigenvalue weighted by atomic mass is 10.2. The number of ether oxygens (including phenoxy) is 2. The molecule has 0 bridgehead atoms. The molecule has 1 atom stereocenters. The molecule has 0 spiro atoms. The third kappa shape index (κ3) is 3.93. The van der Waals surface area contributed by atoms with Crippen LogP contribution in [0, 0.1) is 0 Å². The minimum atomic E-state index is -3.44. The Bertz CT molecular complexity index is 368. The average Bonchev–Trinajstić information content (AvgIpc) is 2.79. The van der Waals surface area contributed by atoms with E-state index in [-0.39, 0.29) is 19.0 Å². The summed E-state index contributed by atoms with van der Waals surface area (Å²) in [5.41, 5.74) is 0. The molecule has 0 radical (unpaired) electrons. The molecular weight excluding hydrogens is 258 g/mol. The fourth-order valence-corrected chi connectivity index (χ4v) is 3.52. The minimum absolute atomic E-state index is 0.0866. The van der Waals surface area contributed by atoms with E-state index in [0.717, 1.165) is 0 Å². The average molecular weight is 279 g/mol. The second-order valence-corrected chi connectivity index (χ2v) is 6.07. The van der Waals surface area contributed by atoms with Crippen molar-refractivity contribution < 1.29 is 22.7 Å². The molecule has 0 aromatic carbocycles. The van der Waals surface area contributed by atoms with E-state index < -0.39 is 22.0 Å². The van der Waals surface area contributed by atoms with Crippen molar-refractivity contribution in [2.75, 3.05) is 32.1 Å². The fraction of sp³-hybridized carbons (Fsp3) is 0.909. The number of carbonyl (C=O) groups excluding carboxylic acids is 1. The number of esters is 1. The standard InChI is InChI=1S/C11H21NO5S/c1-3-16-8-9-18(14,15)12-7-5-6-10(12)11(13)17-4-2/h10H,3-9H2,1-2H3. The summed E-state index contributed by atoms with van der Waals surface area (Å²) < 4.78 is 35.3. The van der Waals surface area contributed by atoms with Crippen LogP contribution in [0.3, 0.4) is 0 Å². The van der Waals surface area contributed by atoms with Gasteiger partial charge in [-0.2, -0.15) is 4.31 Å². The van der Waals surface area contributed by atoms with E-state index in [0.29, 0.717) is 26.0 Å². The summed E-state index contributed by atoms with van der Waals surface area (Å²) in [4.78, 5) is 11.7. The van der Waals surface area contributed by atoms with E-state index in [1.807, 2.05) is 6.92 Å². The first-order valence-corrected chi connectivity index (χ1v) is 7.87. The van der Waals surface area contributed by atoms with Gasteiger partial charge in [-0.3, -0.25) is 4.79 Å². The first kappa shape index (κ1) is 15.4. The van der Waals surface area contributed by atoms with Gasteiger partial charge in [0.15, 0.2) is 0 Å². The Labute approximate surface area is 108 Å². The van der Waals surface area contributed by atoms with E-state index in [9.17, 15) is 13.2 Å². The molecule has 0 saturated carbocycles. The van der Waals surface area contributed by atoms with Crippen LogP contribution in [0.5, 0.6) is 0 Å². The van der Waals surface area contributed by atoms with Crippen molar-refractivity contribution in [2.24, 2.45) is 0 Å². The van der Waals surface area contributed by atoms with Gasteiger partial charge in [0.2, 0.25) is 10.0 Å². The number of rotatable bonds is 7. The van der Waals surface area contributed by atoms with Gasteiger partial charge in [-0.1, -0.05) is 0 Å². The molecule has 18 heavy (non-hydrogen) atoms. The van der Waals surface area contributed by atoms with Crippen molar-refractivity contribution in [3.63, 3.8) is 0 Å². The zero-order valence-electron chi connectivity index (χ0n) is 10.9. The molecule has 106 valence electrons. The molecule has 0 aromatic rings. The largest absolute Gasteiger partial charge is 0.465 e. The Morgan fingerprint density at radius 1 is 1.33 bits per heavy atom. The number of carbonyl (C=O) groups is 1. The van der Waals surface area contributed by atoms with Crippen LogP contribution in [0.1, 0.15) is 26.7 Å². The van der Waals surface area contributed by atoms with E-state index in [1.54, 1.807) is 6.92 Å². The summed E-state index contributed by atoms with van der Waals surface area (Å²) in [7, 11) is -3.44. The highest BCUT2D eigenvalue weighted by atomic mass is 32.2. The van der Waals surface area contributed by atoms with Crippen molar-refractivity contribution in [1.29, 1.82) is 0 Å². The maximum Gasteiger partial charge on any atom is 0.324 e. The van der Waals surface area contributed by atoms with Gasteiger partial charge in [0.1, 0.15) is 6.04 Å². The first-order valence-electron chi connectivity index (χ1n) is 6.26. The maximum absolute atomic E-state index is 12.1. The quantitative estimate of drug-likeness (QED) is 0.497. The summed E-state index contributed by atoms with van der Waals surface area (Å²) in [5.74, 6) is -0.536. The molecule has 0 N–H and O–H groups in total. The molecule has 1 unspecified atom stereocenters. The SMILES string of the molecule is CCOCCS(=O)(=O)N1CCCC1C(=O)OCC. The van der Waals surface area contributed by atoms with E-state index in [4.69, 9.17) is 9.47 Å². The van der Waals surface area contributed by atoms with Crippen LogP contribution in [0.25, 0.3) is 0 Å². The van der Waals surface area contributed by atoms with Gasteiger partial charge in [-0.05, 0) is 26.7 Å². The third-order valence-corrected chi connectivity index (χ3v) is 4.64. The van der Waals surface area contributed by atoms with Crippen LogP contribution >= 0.6 is 0 Å². The molecule has 0 aromatic heterocycles. The Morgan fingerprint density at radius 3 is 2.67 bits per heavy atom. The molecule has 1 heterocycles. The lowest BCUT2D eigenvalue weighted by Crippen LogP contribution is -2.43. The highest BCUT2D eigenvalue weighted by Gasteiger charge is 2.39. The van der Waals surface area contributed by atoms with E-state index in [1.165, 1.54) is 4.31 Å². The molecular formula is C11H21NO5S. The van der Waals surface area contributed by atoms with Crippen LogP contribution in [-0.2, 0) is 24.3 Å². The molecule has 1 aliphatic rings. The van der Waals surface area contributed by atoms with Crippen LogP contribution in [0.4, 0.5) is 0 Å². The van der Waals surface area contributed by atoms with Crippen molar-refractivity contribution in [2.45, 2.75) is 32.7 Å². The number of hydrogen-bond acceptors (Lipinski definition) is 5. The smallest absolute Gasteiger partial charge is 0.324 e. The van der Waals surface area contributed by atoms with Crippen molar-refractivity contribution >= 4 is 16.0 Å². The molecule has 0 aliphatic carbocycles. The van der Waals surface area contributed by atoms with Gasteiger partial charge in [-0.15, -0.1) is 0 Å². The topological polar surface area (TPSA) is 72.9 Å². The Morgan fingerprint density at radius 2 is 2.06 bits per heavy atom. The second-order valence-electron chi connectivity index (χ2n) is 4.03. The zero-order valence-corrected chi connectivity index (χ0v) is 11.7. The summed E-state index contributed by atoms with van der Waals surface area (Å²) >= 11 is 0. The Kier molecular flexibility index (Phi) is 6.04. The van der Waals surface area contributed by atoms with Crippen LogP contribution in [-0.4, -0.2) is 56.9 Å². The maximum atomic E-state index is 12.1. The molecule has 1 saturated heterocycles. The predicted molar refractivity (Wildman–Crippen MR) is 66.6 cm³/mol. The highest BCUT2D eigenvalue weighted by Crippen LogP contribution is 2.22. The fourth-order valence-electron chi connectivity index (χ4n) is 1.97. The number of sulfonamides is 1. The lowest BCUT2D eigenvalue weighted by molar-refractivity contribution is -0.146. The molecule has 6 nitrogen and oxygen atoms in total. The molecule has 1 aliphatic heterocycles. The summed E-state index contributed by atoms with van der Waals surface area (Å²) in [6, 6.07) is -0.656. The molecule has 7 heteroatoms. The second kappa shape index (κ2) is 7.06. The first-order chi connectivity index (χ1) is 8.53. The monoisotopic (exact) mass is 279 g/mol. The van der Waals surface area contributed by atoms with Gasteiger partial charge < -0.3 is 9.47 Å². The van der Waals surface area contributed by atoms with Gasteiger partial charge in [-0.25, -0.2) is 8.42 Å². The van der Waals surface area contributed by atoms with Gasteiger partial charge in [0.25, 0.3) is 0 Å². The van der Waals surface area contributed by atoms with Gasteiger partial charge in [0.05, 0.1) is 19.0 Å². The lowest BCUT2D eigenvalue weighted by Gasteiger charge is -2.22. The summed E-state index contributed by atoms with van der Waals surface area (Å²) in [6.07, 6.45) is 1.23. The van der Waals surface area contributed by atoms with Crippen LogP contribution in [0.2, 0.25) is 0 Å². The van der Waals surface area contributed by atoms with Crippen LogP contribution < -0.4 is 0 Å². The summed E-state index contributed by atoms with van der Waals surface area (Å²) in [6.45, 7) is 4.81. The molecule has 1 fully saturated rings. The van der Waals surface area contributed by atoms with Crippen molar-refractivity contribution in [1.82, 2.24) is 4.31 Å². The number of nitrogens with zero attached hydrogens (tertiary/aromatic N) is 1. The number of hydrogen-bond donors (Lipinski definition) is 0. The minimum Gasteiger partial charge on any atom is -0.465 e.